The van der Waals surface area contributed by atoms with Crippen molar-refractivity contribution in [2.24, 2.45) is 4.99 Å². The van der Waals surface area contributed by atoms with Crippen molar-refractivity contribution < 1.29 is 17.9 Å². The number of benzene rings is 3. The highest BCUT2D eigenvalue weighted by Crippen LogP contribution is 2.29. The van der Waals surface area contributed by atoms with Crippen LogP contribution in [0, 0.1) is 0 Å². The quantitative estimate of drug-likeness (QED) is 0.416. The normalized spacial score (nSPS) is 17.6. The maximum absolute atomic E-state index is 13.3. The van der Waals surface area contributed by atoms with E-state index in [2.05, 4.69) is 29.3 Å². The van der Waals surface area contributed by atoms with E-state index >= 15 is 0 Å². The van der Waals surface area contributed by atoms with Gasteiger partial charge in [0.05, 0.1) is 22.2 Å². The molecule has 176 valence electrons. The van der Waals surface area contributed by atoms with Crippen LogP contribution in [0.25, 0.3) is 21.0 Å². The monoisotopic (exact) mass is 495 g/mol. The number of thiazole rings is 1. The fraction of sp³-hybridized carbons (Fsp3) is 0.280. The molecule has 0 bridgehead atoms. The number of hydrogen-bond donors (Lipinski definition) is 0. The number of ether oxygens (including phenoxy) is 1. The van der Waals surface area contributed by atoms with E-state index in [0.29, 0.717) is 36.5 Å². The zero-order valence-electron chi connectivity index (χ0n) is 19.0. The number of hydrogen-bond acceptors (Lipinski definition) is 5. The van der Waals surface area contributed by atoms with Gasteiger partial charge >= 0.3 is 0 Å². The van der Waals surface area contributed by atoms with E-state index in [0.717, 1.165) is 21.0 Å². The molecule has 0 spiro atoms. The van der Waals surface area contributed by atoms with Crippen LogP contribution >= 0.6 is 11.3 Å². The fourth-order valence-corrected chi connectivity index (χ4v) is 7.40. The molecule has 34 heavy (non-hydrogen) atoms. The Balaban J connectivity index is 1.54. The van der Waals surface area contributed by atoms with Gasteiger partial charge in [0.1, 0.15) is 11.8 Å². The van der Waals surface area contributed by atoms with E-state index in [9.17, 15) is 13.2 Å². The lowest BCUT2D eigenvalue weighted by Crippen LogP contribution is -2.40. The molecule has 1 aliphatic rings. The Kier molecular flexibility index (Phi) is 6.01. The minimum absolute atomic E-state index is 0.143. The molecule has 9 heteroatoms. The van der Waals surface area contributed by atoms with Gasteiger partial charge in [0.2, 0.25) is 10.0 Å². The summed E-state index contributed by atoms with van der Waals surface area (Å²) < 4.78 is 36.1. The van der Waals surface area contributed by atoms with E-state index in [-0.39, 0.29) is 4.90 Å². The van der Waals surface area contributed by atoms with Crippen LogP contribution in [0.2, 0.25) is 0 Å². The SMILES string of the molecule is CCn1c(=NC(=O)C2CCCN2S(=O)(=O)c2ccc(OC)cc2)sc2c3ccccc3ccc21. The molecule has 0 aliphatic carbocycles. The predicted molar refractivity (Wildman–Crippen MR) is 133 cm³/mol. The minimum Gasteiger partial charge on any atom is -0.497 e. The van der Waals surface area contributed by atoms with E-state index < -0.39 is 22.0 Å². The van der Waals surface area contributed by atoms with Crippen LogP contribution < -0.4 is 9.54 Å². The van der Waals surface area contributed by atoms with Gasteiger partial charge in [-0.15, -0.1) is 0 Å². The Bertz CT molecular complexity index is 1550. The van der Waals surface area contributed by atoms with Crippen molar-refractivity contribution in [3.8, 4) is 5.75 Å². The molecule has 0 N–H and O–H groups in total. The van der Waals surface area contributed by atoms with Gasteiger partial charge in [0.25, 0.3) is 5.91 Å². The summed E-state index contributed by atoms with van der Waals surface area (Å²) in [6.45, 7) is 2.97. The van der Waals surface area contributed by atoms with Gasteiger partial charge in [0, 0.05) is 18.5 Å². The van der Waals surface area contributed by atoms with Gasteiger partial charge in [0.15, 0.2) is 4.80 Å². The summed E-state index contributed by atoms with van der Waals surface area (Å²) in [5.41, 5.74) is 1.02. The van der Waals surface area contributed by atoms with Crippen LogP contribution in [0.1, 0.15) is 19.8 Å². The van der Waals surface area contributed by atoms with E-state index in [1.807, 2.05) is 23.6 Å². The van der Waals surface area contributed by atoms with Gasteiger partial charge in [-0.3, -0.25) is 4.79 Å². The molecule has 7 nitrogen and oxygen atoms in total. The number of fused-ring (bicyclic) bond motifs is 3. The van der Waals surface area contributed by atoms with Gasteiger partial charge in [-0.1, -0.05) is 41.7 Å². The predicted octanol–water partition coefficient (Wildman–Crippen LogP) is 4.17. The van der Waals surface area contributed by atoms with Crippen molar-refractivity contribution in [3.05, 3.63) is 65.5 Å². The molecule has 1 aromatic heterocycles. The van der Waals surface area contributed by atoms with Crippen LogP contribution in [0.4, 0.5) is 0 Å². The Morgan fingerprint density at radius 3 is 2.62 bits per heavy atom. The highest BCUT2D eigenvalue weighted by molar-refractivity contribution is 7.89. The number of aromatic nitrogens is 1. The number of amides is 1. The number of methoxy groups -OCH3 is 1. The van der Waals surface area contributed by atoms with Crippen LogP contribution in [-0.2, 0) is 21.4 Å². The molecule has 1 atom stereocenters. The van der Waals surface area contributed by atoms with Crippen molar-refractivity contribution in [2.75, 3.05) is 13.7 Å². The first-order chi connectivity index (χ1) is 16.4. The van der Waals surface area contributed by atoms with Crippen molar-refractivity contribution in [1.82, 2.24) is 8.87 Å². The van der Waals surface area contributed by atoms with Gasteiger partial charge in [-0.2, -0.15) is 9.30 Å². The molecule has 1 aliphatic heterocycles. The van der Waals surface area contributed by atoms with Crippen LogP contribution in [0.15, 0.2) is 70.6 Å². The summed E-state index contributed by atoms with van der Waals surface area (Å²) in [5, 5.41) is 2.25. The summed E-state index contributed by atoms with van der Waals surface area (Å²) in [5.74, 6) is 0.150. The van der Waals surface area contributed by atoms with Crippen LogP contribution in [-0.4, -0.2) is 42.9 Å². The molecule has 0 radical (unpaired) electrons. The summed E-state index contributed by atoms with van der Waals surface area (Å²) in [6.07, 6.45) is 1.07. The Hall–Kier alpha value is -3.01. The molecule has 5 rings (SSSR count). The number of sulfonamides is 1. The molecular weight excluding hydrogens is 470 g/mol. The molecule has 3 aromatic carbocycles. The maximum Gasteiger partial charge on any atom is 0.266 e. The maximum atomic E-state index is 13.3. The first-order valence-electron chi connectivity index (χ1n) is 11.2. The molecule has 1 amide bonds. The Morgan fingerprint density at radius 2 is 1.88 bits per heavy atom. The van der Waals surface area contributed by atoms with Crippen LogP contribution in [0.3, 0.4) is 0 Å². The first-order valence-corrected chi connectivity index (χ1v) is 13.4. The topological polar surface area (TPSA) is 81.0 Å². The van der Waals surface area contributed by atoms with Gasteiger partial charge in [-0.25, -0.2) is 8.42 Å². The number of carbonyl (C=O) groups is 1. The van der Waals surface area contributed by atoms with Crippen molar-refractivity contribution in [1.29, 1.82) is 0 Å². The van der Waals surface area contributed by atoms with Crippen molar-refractivity contribution in [2.45, 2.75) is 37.2 Å². The molecule has 1 saturated heterocycles. The smallest absolute Gasteiger partial charge is 0.266 e. The number of aryl methyl sites for hydroxylation is 1. The summed E-state index contributed by atoms with van der Waals surface area (Å²) >= 11 is 1.47. The zero-order chi connectivity index (χ0) is 23.9. The largest absolute Gasteiger partial charge is 0.497 e. The summed E-state index contributed by atoms with van der Waals surface area (Å²) in [7, 11) is -2.30. The van der Waals surface area contributed by atoms with Gasteiger partial charge < -0.3 is 9.30 Å². The second-order valence-corrected chi connectivity index (χ2v) is 11.0. The fourth-order valence-electron chi connectivity index (χ4n) is 4.52. The second kappa shape index (κ2) is 8.98. The molecule has 0 saturated carbocycles. The Labute approximate surface area is 202 Å². The van der Waals surface area contributed by atoms with Crippen molar-refractivity contribution in [3.63, 3.8) is 0 Å². The third kappa shape index (κ3) is 3.83. The average molecular weight is 496 g/mol. The van der Waals surface area contributed by atoms with E-state index in [1.165, 1.54) is 34.9 Å². The molecule has 1 fully saturated rings. The lowest BCUT2D eigenvalue weighted by molar-refractivity contribution is -0.121. The molecule has 1 unspecified atom stereocenters. The highest BCUT2D eigenvalue weighted by Gasteiger charge is 2.39. The summed E-state index contributed by atoms with van der Waals surface area (Å²) in [6, 6.07) is 17.7. The average Bonchev–Trinajstić information content (AvgIpc) is 3.49. The number of carbonyl (C=O) groups excluding carboxylic acids is 1. The van der Waals surface area contributed by atoms with Gasteiger partial charge in [-0.05, 0) is 55.5 Å². The molecule has 4 aromatic rings. The zero-order valence-corrected chi connectivity index (χ0v) is 20.6. The minimum atomic E-state index is -3.83. The second-order valence-electron chi connectivity index (χ2n) is 8.16. The number of nitrogens with zero attached hydrogens (tertiary/aromatic N) is 3. The highest BCUT2D eigenvalue weighted by atomic mass is 32.2. The van der Waals surface area contributed by atoms with E-state index in [1.54, 1.807) is 12.1 Å². The lowest BCUT2D eigenvalue weighted by Gasteiger charge is -2.21. The lowest BCUT2D eigenvalue weighted by atomic mass is 10.1. The summed E-state index contributed by atoms with van der Waals surface area (Å²) in [4.78, 5) is 18.5. The first kappa shape index (κ1) is 22.8. The third-order valence-electron chi connectivity index (χ3n) is 6.25. The Morgan fingerprint density at radius 1 is 1.12 bits per heavy atom. The van der Waals surface area contributed by atoms with Crippen molar-refractivity contribution >= 4 is 48.3 Å². The third-order valence-corrected chi connectivity index (χ3v) is 9.30. The van der Waals surface area contributed by atoms with Crippen LogP contribution in [0.5, 0.6) is 5.75 Å². The van der Waals surface area contributed by atoms with E-state index in [4.69, 9.17) is 4.74 Å². The number of rotatable bonds is 5. The standard InChI is InChI=1S/C25H25N3O4S2/c1-3-27-21-15-10-17-7-4-5-8-20(17)23(21)33-25(27)26-24(29)22-9-6-16-28(22)34(30,31)19-13-11-18(32-2)12-14-19/h4-5,7-8,10-15,22H,3,6,9,16H2,1-2H3. The molecular formula is C25H25N3O4S2. The molecule has 2 heterocycles.